The first-order valence-electron chi connectivity index (χ1n) is 4.79. The van der Waals surface area contributed by atoms with Crippen LogP contribution in [-0.2, 0) is 0 Å². The summed E-state index contributed by atoms with van der Waals surface area (Å²) in [5, 5.41) is 0. The van der Waals surface area contributed by atoms with E-state index in [-0.39, 0.29) is 0 Å². The average Bonchev–Trinajstić information content (AvgIpc) is 2.48. The first-order valence-corrected chi connectivity index (χ1v) is 4.79. The summed E-state index contributed by atoms with van der Waals surface area (Å²) < 4.78 is 0. The van der Waals surface area contributed by atoms with Gasteiger partial charge < -0.3 is 0 Å². The molecule has 2 saturated carbocycles. The van der Waals surface area contributed by atoms with Gasteiger partial charge in [-0.2, -0.15) is 0 Å². The highest BCUT2D eigenvalue weighted by molar-refractivity contribution is 5.02. The molecule has 2 rings (SSSR count). The molecule has 0 aromatic carbocycles. The molecule has 2 fully saturated rings. The van der Waals surface area contributed by atoms with Gasteiger partial charge in [0.15, 0.2) is 0 Å². The van der Waals surface area contributed by atoms with Crippen molar-refractivity contribution >= 4 is 0 Å². The summed E-state index contributed by atoms with van der Waals surface area (Å²) in [6, 6.07) is 0. The van der Waals surface area contributed by atoms with Crippen LogP contribution in [0.2, 0.25) is 0 Å². The van der Waals surface area contributed by atoms with Crippen LogP contribution in [0.1, 0.15) is 53.4 Å². The summed E-state index contributed by atoms with van der Waals surface area (Å²) in [6.45, 7) is 8.50. The quantitative estimate of drug-likeness (QED) is 0.482. The van der Waals surface area contributed by atoms with E-state index in [0.29, 0.717) is 0 Å². The van der Waals surface area contributed by atoms with Crippen LogP contribution in [0.4, 0.5) is 0 Å². The van der Waals surface area contributed by atoms with Gasteiger partial charge >= 0.3 is 0 Å². The van der Waals surface area contributed by atoms with Gasteiger partial charge in [0, 0.05) is 0 Å². The van der Waals surface area contributed by atoms with E-state index in [1.807, 2.05) is 0 Å². The average molecular weight is 142 g/mol. The zero-order valence-corrected chi connectivity index (χ0v) is 7.98. The normalized spacial score (nSPS) is 30.0. The SMILES string of the molecule is C1C2CC12.CCC.CCC. The zero-order valence-electron chi connectivity index (χ0n) is 7.98. The van der Waals surface area contributed by atoms with Crippen LogP contribution >= 0.6 is 0 Å². The Balaban J connectivity index is 0.000000126. The standard InChI is InChI=1S/C4H6.2C3H8/c1-3-2-4(1)3;2*1-3-2/h3-4H,1-2H2;2*3H2,1-2H3. The molecule has 0 saturated heterocycles. The minimum absolute atomic E-state index is 1.25. The molecule has 0 aliphatic heterocycles. The monoisotopic (exact) mass is 142 g/mol. The second kappa shape index (κ2) is 5.76. The molecule has 0 amide bonds. The summed E-state index contributed by atoms with van der Waals surface area (Å²) in [5.41, 5.74) is 0. The van der Waals surface area contributed by atoms with E-state index in [4.69, 9.17) is 0 Å². The van der Waals surface area contributed by atoms with Gasteiger partial charge in [0.2, 0.25) is 0 Å². The van der Waals surface area contributed by atoms with Crippen LogP contribution in [0.3, 0.4) is 0 Å². The second-order valence-corrected chi connectivity index (χ2v) is 3.41. The highest BCUT2D eigenvalue weighted by atomic mass is 14.6. The fraction of sp³-hybridized carbons (Fsp3) is 1.00. The third-order valence-electron chi connectivity index (χ3n) is 1.47. The van der Waals surface area contributed by atoms with Crippen molar-refractivity contribution in [3.8, 4) is 0 Å². The van der Waals surface area contributed by atoms with Crippen LogP contribution in [0, 0.1) is 11.8 Å². The summed E-state index contributed by atoms with van der Waals surface area (Å²) in [5.74, 6) is 2.50. The summed E-state index contributed by atoms with van der Waals surface area (Å²) in [6.07, 6.45) is 5.67. The van der Waals surface area contributed by atoms with Crippen molar-refractivity contribution < 1.29 is 0 Å². The summed E-state index contributed by atoms with van der Waals surface area (Å²) in [4.78, 5) is 0. The third kappa shape index (κ3) is 6.12. The molecule has 62 valence electrons. The molecule has 0 nitrogen and oxygen atoms in total. The van der Waals surface area contributed by atoms with Crippen LogP contribution in [0.5, 0.6) is 0 Å². The maximum absolute atomic E-state index is 2.12. The van der Waals surface area contributed by atoms with E-state index < -0.39 is 0 Å². The number of hydrogen-bond donors (Lipinski definition) is 0. The topological polar surface area (TPSA) is 0 Å². The smallest absolute Gasteiger partial charge is 0.0380 e. The fourth-order valence-electron chi connectivity index (χ4n) is 0.552. The number of hydrogen-bond acceptors (Lipinski definition) is 0. The first-order chi connectivity index (χ1) is 4.79. The molecule has 2 aliphatic rings. The van der Waals surface area contributed by atoms with E-state index in [2.05, 4.69) is 27.7 Å². The summed E-state index contributed by atoms with van der Waals surface area (Å²) in [7, 11) is 0. The molecule has 0 heteroatoms. The highest BCUT2D eigenvalue weighted by Crippen LogP contribution is 2.62. The molecular weight excluding hydrogens is 120 g/mol. The van der Waals surface area contributed by atoms with Crippen molar-refractivity contribution in [1.82, 2.24) is 0 Å². The minimum atomic E-state index is 1.25. The van der Waals surface area contributed by atoms with Gasteiger partial charge in [-0.3, -0.25) is 0 Å². The predicted molar refractivity (Wildman–Crippen MR) is 48.1 cm³/mol. The Morgan fingerprint density at radius 1 is 0.800 bits per heavy atom. The molecule has 10 heavy (non-hydrogen) atoms. The Kier molecular flexibility index (Phi) is 5.76. The van der Waals surface area contributed by atoms with Crippen molar-refractivity contribution in [2.45, 2.75) is 53.4 Å². The summed E-state index contributed by atoms with van der Waals surface area (Å²) >= 11 is 0. The first kappa shape index (κ1) is 10.0. The lowest BCUT2D eigenvalue weighted by Crippen LogP contribution is -1.47. The number of rotatable bonds is 0. The maximum Gasteiger partial charge on any atom is -0.0380 e. The van der Waals surface area contributed by atoms with Crippen molar-refractivity contribution in [2.24, 2.45) is 11.8 Å². The van der Waals surface area contributed by atoms with Crippen LogP contribution in [0.15, 0.2) is 0 Å². The Labute approximate surface area is 66.0 Å². The van der Waals surface area contributed by atoms with E-state index >= 15 is 0 Å². The molecule has 0 radical (unpaired) electrons. The predicted octanol–water partition coefficient (Wildman–Crippen LogP) is 3.86. The largest absolute Gasteiger partial charge is 0.0656 e. The molecular formula is C10H22. The van der Waals surface area contributed by atoms with Crippen LogP contribution < -0.4 is 0 Å². The lowest BCUT2D eigenvalue weighted by atomic mass is 10.5. The van der Waals surface area contributed by atoms with Crippen LogP contribution in [-0.4, -0.2) is 0 Å². The van der Waals surface area contributed by atoms with Crippen molar-refractivity contribution in [3.05, 3.63) is 0 Å². The Bertz CT molecular complexity index is 52.4. The van der Waals surface area contributed by atoms with Crippen molar-refractivity contribution in [3.63, 3.8) is 0 Å². The molecule has 0 bridgehead atoms. The van der Waals surface area contributed by atoms with Gasteiger partial charge in [0.05, 0.1) is 0 Å². The van der Waals surface area contributed by atoms with Gasteiger partial charge in [-0.15, -0.1) is 0 Å². The molecule has 2 aliphatic carbocycles. The molecule has 0 unspecified atom stereocenters. The van der Waals surface area contributed by atoms with Crippen molar-refractivity contribution in [1.29, 1.82) is 0 Å². The van der Waals surface area contributed by atoms with Gasteiger partial charge in [-0.1, -0.05) is 40.5 Å². The van der Waals surface area contributed by atoms with Gasteiger partial charge in [-0.25, -0.2) is 0 Å². The van der Waals surface area contributed by atoms with E-state index in [1.54, 1.807) is 12.8 Å². The zero-order chi connectivity index (χ0) is 7.98. The molecule has 0 atom stereocenters. The van der Waals surface area contributed by atoms with E-state index in [1.165, 1.54) is 24.7 Å². The lowest BCUT2D eigenvalue weighted by Gasteiger charge is -1.60. The molecule has 0 N–H and O–H groups in total. The lowest BCUT2D eigenvalue weighted by molar-refractivity contribution is 0.915. The second-order valence-electron chi connectivity index (χ2n) is 3.41. The van der Waals surface area contributed by atoms with Crippen LogP contribution in [0.25, 0.3) is 0 Å². The highest BCUT2D eigenvalue weighted by Gasteiger charge is 2.52. The molecule has 0 heterocycles. The fourth-order valence-corrected chi connectivity index (χ4v) is 0.552. The Morgan fingerprint density at radius 2 is 0.900 bits per heavy atom. The van der Waals surface area contributed by atoms with Gasteiger partial charge in [0.25, 0.3) is 0 Å². The minimum Gasteiger partial charge on any atom is -0.0656 e. The Morgan fingerprint density at radius 3 is 0.900 bits per heavy atom. The van der Waals surface area contributed by atoms with Gasteiger partial charge in [-0.05, 0) is 24.7 Å². The van der Waals surface area contributed by atoms with Gasteiger partial charge in [0.1, 0.15) is 0 Å². The third-order valence-corrected chi connectivity index (χ3v) is 1.47. The maximum atomic E-state index is 2.12. The van der Waals surface area contributed by atoms with E-state index in [0.717, 1.165) is 0 Å². The van der Waals surface area contributed by atoms with E-state index in [9.17, 15) is 0 Å². The van der Waals surface area contributed by atoms with Crippen molar-refractivity contribution in [2.75, 3.05) is 0 Å². The molecule has 0 spiro atoms. The Hall–Kier alpha value is 0. The molecule has 0 aromatic rings. The molecule has 0 aromatic heterocycles. The number of fused-ring (bicyclic) bond motifs is 1.